The summed E-state index contributed by atoms with van der Waals surface area (Å²) in [5.41, 5.74) is 24.3. The number of aromatic nitrogens is 13. The number of para-hydroxylation sites is 2. The molecule has 0 radical (unpaired) electrons. The van der Waals surface area contributed by atoms with E-state index in [1.54, 1.807) is 12.4 Å². The normalized spacial score (nSPS) is 11.4. The van der Waals surface area contributed by atoms with Crippen LogP contribution >= 0.6 is 0 Å². The fourth-order valence-corrected chi connectivity index (χ4v) is 14.7. The molecule has 0 aliphatic heterocycles. The van der Waals surface area contributed by atoms with Gasteiger partial charge < -0.3 is 4.57 Å². The molecule has 13 heteroatoms. The molecule has 528 valence electrons. The van der Waals surface area contributed by atoms with Gasteiger partial charge in [0.15, 0.2) is 34.9 Å². The molecule has 0 bridgehead atoms. The summed E-state index contributed by atoms with van der Waals surface area (Å²) < 4.78 is 2.31. The summed E-state index contributed by atoms with van der Waals surface area (Å²) in [5, 5.41) is 6.76. The zero-order valence-electron chi connectivity index (χ0n) is 60.7. The van der Waals surface area contributed by atoms with Gasteiger partial charge in [-0.05, 0) is 131 Å². The lowest BCUT2D eigenvalue weighted by atomic mass is 10.0. The third-order valence-electron chi connectivity index (χ3n) is 20.5. The molecule has 0 saturated carbocycles. The maximum Gasteiger partial charge on any atom is 0.164 e. The Balaban J connectivity index is 0.000000151. The van der Waals surface area contributed by atoms with Crippen LogP contribution in [0.15, 0.2) is 382 Å². The molecule has 0 unspecified atom stereocenters. The van der Waals surface area contributed by atoms with Gasteiger partial charge in [-0.25, -0.2) is 49.8 Å². The topological polar surface area (TPSA) is 160 Å². The average molecular weight is 1450 g/mol. The zero-order valence-corrected chi connectivity index (χ0v) is 60.7. The van der Waals surface area contributed by atoms with Crippen molar-refractivity contribution in [2.75, 3.05) is 0 Å². The van der Waals surface area contributed by atoms with E-state index in [2.05, 4.69) is 245 Å². The first-order chi connectivity index (χ1) is 55.9. The lowest BCUT2D eigenvalue weighted by Crippen LogP contribution is -2.01. The molecular weight excluding hydrogens is 1380 g/mol. The number of nitrogens with zero attached hydrogens (tertiary/aromatic N) is 13. The van der Waals surface area contributed by atoms with E-state index < -0.39 is 0 Å². The van der Waals surface area contributed by atoms with Crippen LogP contribution in [0.25, 0.3) is 207 Å². The fraction of sp³-hybridized carbons (Fsp3) is 0. The van der Waals surface area contributed by atoms with E-state index in [1.807, 2.05) is 140 Å². The monoisotopic (exact) mass is 1450 g/mol. The van der Waals surface area contributed by atoms with E-state index in [4.69, 9.17) is 49.8 Å². The predicted octanol–water partition coefficient (Wildman–Crippen LogP) is 23.8. The van der Waals surface area contributed by atoms with Crippen LogP contribution in [0.1, 0.15) is 0 Å². The van der Waals surface area contributed by atoms with Crippen LogP contribution in [0.3, 0.4) is 0 Å². The highest BCUT2D eigenvalue weighted by atomic mass is 15.0. The molecule has 0 aliphatic carbocycles. The Labute approximate surface area is 649 Å². The minimum atomic E-state index is 0.600. The molecular formula is C100H63N13. The Kier molecular flexibility index (Phi) is 17.3. The number of hydrogen-bond acceptors (Lipinski definition) is 12. The summed E-state index contributed by atoms with van der Waals surface area (Å²) in [5.74, 6) is 3.73. The van der Waals surface area contributed by atoms with Gasteiger partial charge in [0.1, 0.15) is 0 Å². The summed E-state index contributed by atoms with van der Waals surface area (Å²) >= 11 is 0. The third-order valence-corrected chi connectivity index (χ3v) is 20.5. The summed E-state index contributed by atoms with van der Waals surface area (Å²) in [7, 11) is 0. The molecule has 21 aromatic rings. The standard InChI is InChI=1S/C56H35N7.C44H28N6/c1-2-11-38(12-3-1)54-60-55(62-56(61-54)43-13-10-14-44(34-43)63-52-18-6-4-15-45(52)46-16-5-7-19-53(46)63)39-23-20-36(21-24-39)47-30-28-42-33-40(27-29-48(42)58-47)41-25-22-37-26-31-50(59-51(37)35-41)49-17-8-9-32-57-49;1-3-9-31(10-4-1)42-48-43(32-11-5-2-6-12-32)50-44(49-42)33-17-14-29(15-18-33)37-24-22-36-27-34(21-23-38(36)46-37)35-19-16-30-20-25-40(47-41(30)28-35)39-13-7-8-26-45-39/h1-35H;1-28H. The van der Waals surface area contributed by atoms with Gasteiger partial charge in [-0.1, -0.05) is 261 Å². The highest BCUT2D eigenvalue weighted by Crippen LogP contribution is 2.37. The van der Waals surface area contributed by atoms with Gasteiger partial charge in [-0.2, -0.15) is 0 Å². The van der Waals surface area contributed by atoms with Crippen molar-refractivity contribution in [2.24, 2.45) is 0 Å². The first-order valence-electron chi connectivity index (χ1n) is 37.4. The van der Waals surface area contributed by atoms with Crippen LogP contribution in [0, 0.1) is 0 Å². The quantitative estimate of drug-likeness (QED) is 0.108. The van der Waals surface area contributed by atoms with Crippen LogP contribution in [-0.4, -0.2) is 64.4 Å². The summed E-state index contributed by atoms with van der Waals surface area (Å²) in [6.45, 7) is 0. The molecule has 0 atom stereocenters. The van der Waals surface area contributed by atoms with Gasteiger partial charge in [0.25, 0.3) is 0 Å². The van der Waals surface area contributed by atoms with Crippen LogP contribution in [-0.2, 0) is 0 Å². The van der Waals surface area contributed by atoms with Crippen molar-refractivity contribution in [3.05, 3.63) is 382 Å². The number of fused-ring (bicyclic) bond motifs is 7. The van der Waals surface area contributed by atoms with Crippen molar-refractivity contribution in [1.29, 1.82) is 0 Å². The highest BCUT2D eigenvalue weighted by Gasteiger charge is 2.19. The Morgan fingerprint density at radius 2 is 0.487 bits per heavy atom. The number of rotatable bonds is 13. The van der Waals surface area contributed by atoms with Crippen LogP contribution in [0.5, 0.6) is 0 Å². The van der Waals surface area contributed by atoms with Crippen molar-refractivity contribution < 1.29 is 0 Å². The van der Waals surface area contributed by atoms with Crippen LogP contribution < -0.4 is 0 Å². The molecule has 12 aromatic carbocycles. The number of pyridine rings is 6. The molecule has 0 fully saturated rings. The Morgan fingerprint density at radius 1 is 0.168 bits per heavy atom. The van der Waals surface area contributed by atoms with Crippen molar-refractivity contribution >= 4 is 65.4 Å². The van der Waals surface area contributed by atoms with Crippen molar-refractivity contribution in [3.63, 3.8) is 0 Å². The van der Waals surface area contributed by atoms with Gasteiger partial charge in [0.05, 0.1) is 67.3 Å². The molecule has 9 aromatic heterocycles. The van der Waals surface area contributed by atoms with Crippen molar-refractivity contribution in [2.45, 2.75) is 0 Å². The molecule has 0 saturated heterocycles. The molecule has 113 heavy (non-hydrogen) atoms. The number of hydrogen-bond donors (Lipinski definition) is 0. The van der Waals surface area contributed by atoms with E-state index in [0.717, 1.165) is 161 Å². The number of benzene rings is 12. The molecule has 0 spiro atoms. The molecule has 9 heterocycles. The fourth-order valence-electron chi connectivity index (χ4n) is 14.7. The molecule has 13 nitrogen and oxygen atoms in total. The van der Waals surface area contributed by atoms with Crippen LogP contribution in [0.4, 0.5) is 0 Å². The van der Waals surface area contributed by atoms with Crippen molar-refractivity contribution in [1.82, 2.24) is 64.4 Å². The first-order valence-corrected chi connectivity index (χ1v) is 37.4. The highest BCUT2D eigenvalue weighted by molar-refractivity contribution is 6.09. The van der Waals surface area contributed by atoms with Crippen LogP contribution in [0.2, 0.25) is 0 Å². The second-order valence-corrected chi connectivity index (χ2v) is 27.6. The molecule has 0 aliphatic rings. The Morgan fingerprint density at radius 3 is 0.912 bits per heavy atom. The first kappa shape index (κ1) is 66.8. The Hall–Kier alpha value is -15.6. The second-order valence-electron chi connectivity index (χ2n) is 27.6. The SMILES string of the molecule is c1ccc(-c2nc(-c3ccc(-c4ccc5cc(-c6ccc7ccc(-c8ccccn8)nc7c6)ccc5n4)cc3)nc(-c3cccc(-n4c5ccccc5c5ccccc54)c3)n2)cc1.c1ccc(-c2nc(-c3ccccc3)nc(-c3ccc(-c4ccc5cc(-c6ccc7ccc(-c8ccccn8)nc7c6)ccc5n4)cc3)n2)cc1. The lowest BCUT2D eigenvalue weighted by molar-refractivity contribution is 1.07. The molecule has 0 N–H and O–H groups in total. The Bertz CT molecular complexity index is 7040. The van der Waals surface area contributed by atoms with E-state index in [-0.39, 0.29) is 0 Å². The minimum absolute atomic E-state index is 0.600. The van der Waals surface area contributed by atoms with E-state index in [1.165, 1.54) is 10.8 Å². The average Bonchev–Trinajstić information content (AvgIpc) is 1.61. The van der Waals surface area contributed by atoms with E-state index >= 15 is 0 Å². The van der Waals surface area contributed by atoms with E-state index in [9.17, 15) is 0 Å². The van der Waals surface area contributed by atoms with Gasteiger partial charge in [-0.3, -0.25) is 9.97 Å². The molecule has 0 amide bonds. The zero-order chi connectivity index (χ0) is 75.0. The third kappa shape index (κ3) is 13.5. The van der Waals surface area contributed by atoms with E-state index in [0.29, 0.717) is 34.9 Å². The summed E-state index contributed by atoms with van der Waals surface area (Å²) in [6, 6.07) is 126. The van der Waals surface area contributed by atoms with Gasteiger partial charge in [0.2, 0.25) is 0 Å². The van der Waals surface area contributed by atoms with Gasteiger partial charge in [0, 0.05) is 94.9 Å². The van der Waals surface area contributed by atoms with Crippen molar-refractivity contribution in [3.8, 4) is 142 Å². The van der Waals surface area contributed by atoms with Gasteiger partial charge >= 0.3 is 0 Å². The smallest absolute Gasteiger partial charge is 0.164 e. The predicted molar refractivity (Wildman–Crippen MR) is 456 cm³/mol. The largest absolute Gasteiger partial charge is 0.309 e. The van der Waals surface area contributed by atoms with Gasteiger partial charge in [-0.15, -0.1) is 0 Å². The second kappa shape index (κ2) is 29.2. The summed E-state index contributed by atoms with van der Waals surface area (Å²) in [6.07, 6.45) is 3.59. The summed E-state index contributed by atoms with van der Waals surface area (Å²) in [4.78, 5) is 58.6. The maximum absolute atomic E-state index is 5.10. The minimum Gasteiger partial charge on any atom is -0.309 e. The molecule has 21 rings (SSSR count). The maximum atomic E-state index is 5.10. The lowest BCUT2D eigenvalue weighted by Gasteiger charge is -2.12.